The number of hydrogen-bond donors (Lipinski definition) is 0. The van der Waals surface area contributed by atoms with Gasteiger partial charge >= 0.3 is 0 Å². The second-order valence-electron chi connectivity index (χ2n) is 5.89. The molecule has 0 aliphatic carbocycles. The minimum atomic E-state index is -3.85. The standard InChI is InChI=1S/C21H16FNO3S/c1-15(24)20-12-13-23-14-21(20)27(25,26)19-10-6-17(7-11-19)3-2-16-4-8-18(22)9-5-16/h2-14H,1H3/b3-2+. The maximum atomic E-state index is 12.9. The van der Waals surface area contributed by atoms with Crippen molar-refractivity contribution in [2.75, 3.05) is 0 Å². The van der Waals surface area contributed by atoms with Crippen molar-refractivity contribution < 1.29 is 17.6 Å². The molecule has 0 radical (unpaired) electrons. The summed E-state index contributed by atoms with van der Waals surface area (Å²) in [5, 5.41) is 0. The summed E-state index contributed by atoms with van der Waals surface area (Å²) in [7, 11) is -3.85. The molecule has 0 aliphatic heterocycles. The van der Waals surface area contributed by atoms with Crippen LogP contribution in [-0.2, 0) is 9.84 Å². The summed E-state index contributed by atoms with van der Waals surface area (Å²) in [4.78, 5) is 15.5. The number of sulfone groups is 1. The third-order valence-electron chi connectivity index (χ3n) is 3.98. The van der Waals surface area contributed by atoms with E-state index in [0.717, 1.165) is 11.1 Å². The lowest BCUT2D eigenvalue weighted by atomic mass is 10.1. The van der Waals surface area contributed by atoms with Gasteiger partial charge in [-0.1, -0.05) is 36.4 Å². The summed E-state index contributed by atoms with van der Waals surface area (Å²) in [6.45, 7) is 1.32. The van der Waals surface area contributed by atoms with E-state index in [1.165, 1.54) is 49.6 Å². The van der Waals surface area contributed by atoms with Crippen LogP contribution < -0.4 is 0 Å². The van der Waals surface area contributed by atoms with E-state index in [0.29, 0.717) is 0 Å². The molecule has 0 fully saturated rings. The highest BCUT2D eigenvalue weighted by Gasteiger charge is 2.23. The van der Waals surface area contributed by atoms with E-state index in [4.69, 9.17) is 0 Å². The molecule has 6 heteroatoms. The molecule has 4 nitrogen and oxygen atoms in total. The van der Waals surface area contributed by atoms with Gasteiger partial charge in [0.25, 0.3) is 0 Å². The van der Waals surface area contributed by atoms with Gasteiger partial charge in [-0.05, 0) is 48.4 Å². The average molecular weight is 381 g/mol. The lowest BCUT2D eigenvalue weighted by molar-refractivity contribution is 0.101. The van der Waals surface area contributed by atoms with E-state index >= 15 is 0 Å². The molecule has 0 unspecified atom stereocenters. The van der Waals surface area contributed by atoms with Crippen LogP contribution in [-0.4, -0.2) is 19.2 Å². The van der Waals surface area contributed by atoms with E-state index in [1.807, 2.05) is 0 Å². The number of carbonyl (C=O) groups excluding carboxylic acids is 1. The van der Waals surface area contributed by atoms with Crippen LogP contribution in [0, 0.1) is 5.82 Å². The third kappa shape index (κ3) is 4.17. The molecule has 0 atom stereocenters. The van der Waals surface area contributed by atoms with Crippen LogP contribution in [0.15, 0.2) is 76.8 Å². The van der Waals surface area contributed by atoms with E-state index in [9.17, 15) is 17.6 Å². The molecule has 1 aromatic heterocycles. The number of aromatic nitrogens is 1. The number of pyridine rings is 1. The second-order valence-corrected chi connectivity index (χ2v) is 7.80. The summed E-state index contributed by atoms with van der Waals surface area (Å²) in [5.41, 5.74) is 1.73. The molecule has 1 heterocycles. The average Bonchev–Trinajstić information content (AvgIpc) is 2.68. The number of rotatable bonds is 5. The first-order valence-electron chi connectivity index (χ1n) is 8.12. The predicted molar refractivity (Wildman–Crippen MR) is 101 cm³/mol. The highest BCUT2D eigenvalue weighted by molar-refractivity contribution is 7.91. The maximum absolute atomic E-state index is 12.9. The van der Waals surface area contributed by atoms with Crippen LogP contribution in [0.5, 0.6) is 0 Å². The Balaban J connectivity index is 1.89. The van der Waals surface area contributed by atoms with E-state index in [2.05, 4.69) is 4.98 Å². The Kier molecular flexibility index (Phi) is 5.28. The Morgan fingerprint density at radius 3 is 2.04 bits per heavy atom. The van der Waals surface area contributed by atoms with Crippen molar-refractivity contribution >= 4 is 27.8 Å². The topological polar surface area (TPSA) is 64.1 Å². The van der Waals surface area contributed by atoms with Gasteiger partial charge in [0.2, 0.25) is 9.84 Å². The molecule has 0 saturated carbocycles. The lowest BCUT2D eigenvalue weighted by Gasteiger charge is -2.08. The molecule has 3 aromatic rings. The SMILES string of the molecule is CC(=O)c1ccncc1S(=O)(=O)c1ccc(/C=C/c2ccc(F)cc2)cc1. The van der Waals surface area contributed by atoms with E-state index < -0.39 is 9.84 Å². The van der Waals surface area contributed by atoms with Crippen LogP contribution in [0.25, 0.3) is 12.2 Å². The van der Waals surface area contributed by atoms with E-state index in [1.54, 1.807) is 36.4 Å². The molecular formula is C21H16FNO3S. The fraction of sp³-hybridized carbons (Fsp3) is 0.0476. The summed E-state index contributed by atoms with van der Waals surface area (Å²) in [6.07, 6.45) is 6.18. The Morgan fingerprint density at radius 2 is 1.48 bits per heavy atom. The summed E-state index contributed by atoms with van der Waals surface area (Å²) in [6, 6.07) is 13.7. The quantitative estimate of drug-likeness (QED) is 0.485. The monoisotopic (exact) mass is 381 g/mol. The van der Waals surface area contributed by atoms with Gasteiger partial charge < -0.3 is 0 Å². The van der Waals surface area contributed by atoms with Crippen molar-refractivity contribution in [3.05, 3.63) is 89.5 Å². The highest BCUT2D eigenvalue weighted by atomic mass is 32.2. The molecule has 0 aliphatic rings. The molecule has 3 rings (SSSR count). The minimum Gasteiger partial charge on any atom is -0.294 e. The van der Waals surface area contributed by atoms with Gasteiger partial charge in [-0.15, -0.1) is 0 Å². The predicted octanol–water partition coefficient (Wildman–Crippen LogP) is 4.43. The molecular weight excluding hydrogens is 365 g/mol. The van der Waals surface area contributed by atoms with Crippen molar-refractivity contribution in [2.24, 2.45) is 0 Å². The molecule has 136 valence electrons. The smallest absolute Gasteiger partial charge is 0.208 e. The Labute approximate surface area is 156 Å². The molecule has 0 N–H and O–H groups in total. The van der Waals surface area contributed by atoms with E-state index in [-0.39, 0.29) is 27.0 Å². The fourth-order valence-corrected chi connectivity index (χ4v) is 3.99. The number of nitrogens with zero attached hydrogens (tertiary/aromatic N) is 1. The number of ketones is 1. The Bertz CT molecular complexity index is 1100. The number of benzene rings is 2. The van der Waals surface area contributed by atoms with Crippen LogP contribution >= 0.6 is 0 Å². The molecule has 0 spiro atoms. The van der Waals surface area contributed by atoms with Crippen molar-refractivity contribution in [3.8, 4) is 0 Å². The Morgan fingerprint density at radius 1 is 0.926 bits per heavy atom. The minimum absolute atomic E-state index is 0.0805. The van der Waals surface area contributed by atoms with Gasteiger partial charge in [0.1, 0.15) is 10.7 Å². The summed E-state index contributed by atoms with van der Waals surface area (Å²) in [5.74, 6) is -0.642. The molecule has 2 aromatic carbocycles. The fourth-order valence-electron chi connectivity index (χ4n) is 2.54. The first kappa shape index (κ1) is 18.7. The lowest BCUT2D eigenvalue weighted by Crippen LogP contribution is -2.08. The number of carbonyl (C=O) groups is 1. The first-order chi connectivity index (χ1) is 12.9. The van der Waals surface area contributed by atoms with Gasteiger partial charge in [0, 0.05) is 18.0 Å². The molecule has 0 amide bonds. The van der Waals surface area contributed by atoms with Crippen molar-refractivity contribution in [3.63, 3.8) is 0 Å². The first-order valence-corrected chi connectivity index (χ1v) is 9.60. The van der Waals surface area contributed by atoms with Gasteiger partial charge in [0.15, 0.2) is 5.78 Å². The molecule has 27 heavy (non-hydrogen) atoms. The number of halogens is 1. The summed E-state index contributed by atoms with van der Waals surface area (Å²) >= 11 is 0. The zero-order chi connectivity index (χ0) is 19.4. The molecule has 0 saturated heterocycles. The van der Waals surface area contributed by atoms with Crippen LogP contribution in [0.4, 0.5) is 4.39 Å². The normalized spacial score (nSPS) is 11.6. The van der Waals surface area contributed by atoms with Gasteiger partial charge in [-0.3, -0.25) is 9.78 Å². The van der Waals surface area contributed by atoms with Crippen molar-refractivity contribution in [1.82, 2.24) is 4.98 Å². The van der Waals surface area contributed by atoms with Crippen molar-refractivity contribution in [1.29, 1.82) is 0 Å². The summed E-state index contributed by atoms with van der Waals surface area (Å²) < 4.78 is 38.6. The van der Waals surface area contributed by atoms with Crippen molar-refractivity contribution in [2.45, 2.75) is 16.7 Å². The van der Waals surface area contributed by atoms with Gasteiger partial charge in [-0.2, -0.15) is 0 Å². The number of hydrogen-bond acceptors (Lipinski definition) is 4. The maximum Gasteiger partial charge on any atom is 0.208 e. The van der Waals surface area contributed by atoms with Crippen LogP contribution in [0.2, 0.25) is 0 Å². The third-order valence-corrected chi connectivity index (χ3v) is 5.78. The van der Waals surface area contributed by atoms with Crippen LogP contribution in [0.1, 0.15) is 28.4 Å². The van der Waals surface area contributed by atoms with Crippen LogP contribution in [0.3, 0.4) is 0 Å². The van der Waals surface area contributed by atoms with Gasteiger partial charge in [0.05, 0.1) is 4.90 Å². The number of Topliss-reactive ketones (excluding diaryl/α,β-unsaturated/α-hetero) is 1. The second kappa shape index (κ2) is 7.63. The highest BCUT2D eigenvalue weighted by Crippen LogP contribution is 2.24. The largest absolute Gasteiger partial charge is 0.294 e. The molecule has 0 bridgehead atoms. The van der Waals surface area contributed by atoms with Gasteiger partial charge in [-0.25, -0.2) is 12.8 Å². The zero-order valence-corrected chi connectivity index (χ0v) is 15.3. The zero-order valence-electron chi connectivity index (χ0n) is 14.5. The Hall–Kier alpha value is -3.12.